The molecule has 0 N–H and O–H groups in total. The zero-order valence-electron chi connectivity index (χ0n) is 5.72. The van der Waals surface area contributed by atoms with Crippen LogP contribution in [0.4, 0.5) is 0 Å². The van der Waals surface area contributed by atoms with E-state index in [9.17, 15) is 0 Å². The molecule has 8 heavy (non-hydrogen) atoms. The van der Waals surface area contributed by atoms with E-state index in [4.69, 9.17) is 0 Å². The van der Waals surface area contributed by atoms with Crippen LogP contribution in [0.3, 0.4) is 0 Å². The molecular weight excluding hydrogens is 307 g/mol. The third-order valence-electron chi connectivity index (χ3n) is 1.21. The first kappa shape index (κ1) is 16.1. The van der Waals surface area contributed by atoms with Crippen molar-refractivity contribution < 1.29 is 39.6 Å². The van der Waals surface area contributed by atoms with Crippen LogP contribution in [0.5, 0.6) is 0 Å². The predicted molar refractivity (Wildman–Crippen MR) is 29.4 cm³/mol. The third-order valence-corrected chi connectivity index (χ3v) is 1.21. The molecule has 0 rings (SSSR count). The molecular formula is C6H13VW-. The summed E-state index contributed by atoms with van der Waals surface area (Å²) in [6.07, 6.45) is 3.50. The second-order valence-corrected chi connectivity index (χ2v) is 1.72. The molecule has 0 aliphatic carbocycles. The summed E-state index contributed by atoms with van der Waals surface area (Å²) in [4.78, 5) is 0. The zero-order chi connectivity index (χ0) is 4.99. The van der Waals surface area contributed by atoms with E-state index in [0.29, 0.717) is 0 Å². The van der Waals surface area contributed by atoms with Crippen molar-refractivity contribution >= 4 is 0 Å². The van der Waals surface area contributed by atoms with Crippen LogP contribution in [-0.2, 0) is 39.6 Å². The average molecular weight is 320 g/mol. The molecule has 1 radical (unpaired) electrons. The van der Waals surface area contributed by atoms with Gasteiger partial charge < -0.3 is 6.42 Å². The summed E-state index contributed by atoms with van der Waals surface area (Å²) in [7, 11) is 0. The fourth-order valence-corrected chi connectivity index (χ4v) is 0.236. The minimum atomic E-state index is 0. The number of hydrogen-bond donors (Lipinski definition) is 0. The fraction of sp³-hybridized carbons (Fsp3) is 0.833. The first-order valence-corrected chi connectivity index (χ1v) is 2.60. The van der Waals surface area contributed by atoms with Gasteiger partial charge in [0.1, 0.15) is 0 Å². The van der Waals surface area contributed by atoms with Gasteiger partial charge in [-0.3, -0.25) is 0 Å². The van der Waals surface area contributed by atoms with Crippen LogP contribution in [0.1, 0.15) is 27.2 Å². The van der Waals surface area contributed by atoms with Crippen molar-refractivity contribution in [2.24, 2.45) is 5.92 Å². The van der Waals surface area contributed by atoms with E-state index in [0.717, 1.165) is 5.92 Å². The predicted octanol–water partition coefficient (Wildman–Crippen LogP) is 2.25. The number of hydrogen-bond acceptors (Lipinski definition) is 0. The summed E-state index contributed by atoms with van der Waals surface area (Å²) < 4.78 is 0. The summed E-state index contributed by atoms with van der Waals surface area (Å²) >= 11 is 0. The summed E-state index contributed by atoms with van der Waals surface area (Å²) in [6, 6.07) is 0. The Morgan fingerprint density at radius 2 is 1.88 bits per heavy atom. The molecule has 0 nitrogen and oxygen atoms in total. The monoisotopic (exact) mass is 320 g/mol. The van der Waals surface area contributed by atoms with Crippen LogP contribution in [0, 0.1) is 12.3 Å². The molecule has 0 fully saturated rings. The summed E-state index contributed by atoms with van der Waals surface area (Å²) in [6.45, 7) is 6.53. The van der Waals surface area contributed by atoms with Gasteiger partial charge >= 0.3 is 0 Å². The molecule has 0 saturated heterocycles. The SMILES string of the molecule is C[CH-]C(C)CC.[V].[W]. The Labute approximate surface area is 79.0 Å². The molecule has 0 amide bonds. The second kappa shape index (κ2) is 11.1. The van der Waals surface area contributed by atoms with Crippen LogP contribution in [0.2, 0.25) is 0 Å². The number of rotatable bonds is 2. The smallest absolute Gasteiger partial charge is 0 e. The van der Waals surface area contributed by atoms with Gasteiger partial charge in [0, 0.05) is 39.6 Å². The molecule has 1 atom stereocenters. The van der Waals surface area contributed by atoms with Gasteiger partial charge in [-0.15, -0.1) is 0 Å². The van der Waals surface area contributed by atoms with Crippen molar-refractivity contribution in [1.29, 1.82) is 0 Å². The van der Waals surface area contributed by atoms with E-state index in [1.54, 1.807) is 0 Å². The van der Waals surface area contributed by atoms with Crippen molar-refractivity contribution in [1.82, 2.24) is 0 Å². The molecule has 0 aromatic rings. The second-order valence-electron chi connectivity index (χ2n) is 1.72. The van der Waals surface area contributed by atoms with Crippen LogP contribution >= 0.6 is 0 Å². The molecule has 0 bridgehead atoms. The first-order valence-electron chi connectivity index (χ1n) is 2.60. The molecule has 0 aliphatic rings. The molecule has 0 aromatic heterocycles. The Hall–Kier alpha value is 1.27. The quantitative estimate of drug-likeness (QED) is 0.685. The molecule has 2 heteroatoms. The van der Waals surface area contributed by atoms with Crippen molar-refractivity contribution in [3.05, 3.63) is 6.42 Å². The normalized spacial score (nSPS) is 10.9. The molecule has 0 aromatic carbocycles. The molecule has 0 spiro atoms. The first-order chi connectivity index (χ1) is 2.81. The average Bonchev–Trinajstić information content (AvgIpc) is 1.65. The minimum Gasteiger partial charge on any atom is -0.329 e. The topological polar surface area (TPSA) is 0 Å². The van der Waals surface area contributed by atoms with E-state index in [1.807, 2.05) is 0 Å². The van der Waals surface area contributed by atoms with Gasteiger partial charge in [-0.1, -0.05) is 20.3 Å². The van der Waals surface area contributed by atoms with Crippen LogP contribution in [-0.4, -0.2) is 0 Å². The van der Waals surface area contributed by atoms with Crippen molar-refractivity contribution in [2.45, 2.75) is 27.2 Å². The van der Waals surface area contributed by atoms with E-state index in [-0.39, 0.29) is 39.6 Å². The van der Waals surface area contributed by atoms with Crippen LogP contribution in [0.15, 0.2) is 0 Å². The van der Waals surface area contributed by atoms with E-state index in [1.165, 1.54) is 6.42 Å². The van der Waals surface area contributed by atoms with Crippen molar-refractivity contribution in [3.63, 3.8) is 0 Å². The van der Waals surface area contributed by atoms with Crippen molar-refractivity contribution in [3.8, 4) is 0 Å². The molecule has 49 valence electrons. The fourth-order valence-electron chi connectivity index (χ4n) is 0.236. The van der Waals surface area contributed by atoms with E-state index in [2.05, 4.69) is 27.2 Å². The minimum absolute atomic E-state index is 0. The Kier molecular flexibility index (Phi) is 22.4. The standard InChI is InChI=1S/C6H13.V.W/c1-4-6(3)5-2;;/h4,6H,5H2,1-3H3;;/q-1;;. The zero-order valence-corrected chi connectivity index (χ0v) is 10.0. The van der Waals surface area contributed by atoms with E-state index >= 15 is 0 Å². The van der Waals surface area contributed by atoms with Gasteiger partial charge in [-0.2, -0.15) is 12.8 Å². The maximum absolute atomic E-state index is 2.22. The van der Waals surface area contributed by atoms with Gasteiger partial charge in [0.25, 0.3) is 0 Å². The van der Waals surface area contributed by atoms with Gasteiger partial charge in [-0.25, -0.2) is 0 Å². The van der Waals surface area contributed by atoms with Gasteiger partial charge in [0.15, 0.2) is 0 Å². The maximum atomic E-state index is 2.22. The van der Waals surface area contributed by atoms with E-state index < -0.39 is 0 Å². The van der Waals surface area contributed by atoms with Crippen molar-refractivity contribution in [2.75, 3.05) is 0 Å². The largest absolute Gasteiger partial charge is 0.329 e. The molecule has 1 unspecified atom stereocenters. The Balaban J connectivity index is -0.000000125. The van der Waals surface area contributed by atoms with Crippen LogP contribution in [0.25, 0.3) is 0 Å². The third kappa shape index (κ3) is 10.3. The summed E-state index contributed by atoms with van der Waals surface area (Å²) in [5.41, 5.74) is 0. The summed E-state index contributed by atoms with van der Waals surface area (Å²) in [5, 5.41) is 0. The van der Waals surface area contributed by atoms with Gasteiger partial charge in [0.05, 0.1) is 0 Å². The van der Waals surface area contributed by atoms with Gasteiger partial charge in [-0.05, 0) is 0 Å². The Bertz CT molecular complexity index is 27.7. The Morgan fingerprint density at radius 1 is 1.50 bits per heavy atom. The van der Waals surface area contributed by atoms with Crippen LogP contribution < -0.4 is 0 Å². The molecule has 0 saturated carbocycles. The molecule has 0 heterocycles. The maximum Gasteiger partial charge on any atom is 0 e. The molecule has 0 aliphatic heterocycles. The summed E-state index contributed by atoms with van der Waals surface area (Å²) in [5.74, 6) is 0.810. The Morgan fingerprint density at radius 3 is 1.88 bits per heavy atom. The van der Waals surface area contributed by atoms with Gasteiger partial charge in [0.2, 0.25) is 0 Å².